The number of aliphatic hydroxyl groups is 1. The maximum atomic E-state index is 11.3. The summed E-state index contributed by atoms with van der Waals surface area (Å²) >= 11 is 0. The molecule has 9 heteroatoms. The summed E-state index contributed by atoms with van der Waals surface area (Å²) in [5, 5.41) is 20.2. The highest BCUT2D eigenvalue weighted by atomic mass is 16.3. The SMILES string of the molecule is Cn1cc(-c2ccc3ncc(C(O)c4ccc5ncn(CCN6CCCC6)c5c4)n3n2)cn1. The van der Waals surface area contributed by atoms with Crippen molar-refractivity contribution in [2.75, 3.05) is 19.6 Å². The number of rotatable bonds is 6. The summed E-state index contributed by atoms with van der Waals surface area (Å²) in [6.45, 7) is 4.27. The van der Waals surface area contributed by atoms with Gasteiger partial charge in [-0.2, -0.15) is 10.2 Å². The number of aliphatic hydroxyl groups excluding tert-OH is 1. The third-order valence-electron chi connectivity index (χ3n) is 6.49. The summed E-state index contributed by atoms with van der Waals surface area (Å²) in [5.74, 6) is 0. The van der Waals surface area contributed by atoms with Gasteiger partial charge in [0.05, 0.1) is 41.1 Å². The number of benzene rings is 1. The summed E-state index contributed by atoms with van der Waals surface area (Å²) < 4.78 is 5.63. The zero-order valence-electron chi connectivity index (χ0n) is 18.5. The molecule has 0 aliphatic carbocycles. The fourth-order valence-electron chi connectivity index (χ4n) is 4.63. The average molecular weight is 443 g/mol. The Morgan fingerprint density at radius 2 is 1.91 bits per heavy atom. The van der Waals surface area contributed by atoms with E-state index in [4.69, 9.17) is 5.10 Å². The zero-order valence-corrected chi connectivity index (χ0v) is 18.5. The van der Waals surface area contributed by atoms with Gasteiger partial charge in [0.2, 0.25) is 0 Å². The van der Waals surface area contributed by atoms with Gasteiger partial charge in [-0.25, -0.2) is 14.5 Å². The van der Waals surface area contributed by atoms with Crippen LogP contribution in [-0.4, -0.2) is 63.6 Å². The van der Waals surface area contributed by atoms with Crippen LogP contribution in [0.3, 0.4) is 0 Å². The number of likely N-dealkylation sites (tertiary alicyclic amines) is 1. The van der Waals surface area contributed by atoms with Crippen molar-refractivity contribution in [1.82, 2.24) is 38.8 Å². The summed E-state index contributed by atoms with van der Waals surface area (Å²) in [6.07, 6.45) is 9.00. The molecule has 1 aliphatic heterocycles. The van der Waals surface area contributed by atoms with Crippen molar-refractivity contribution < 1.29 is 5.11 Å². The predicted molar refractivity (Wildman–Crippen MR) is 125 cm³/mol. The Bertz CT molecular complexity index is 1430. The quantitative estimate of drug-likeness (QED) is 0.435. The number of aryl methyl sites for hydroxylation is 1. The van der Waals surface area contributed by atoms with Crippen LogP contribution in [0.1, 0.15) is 30.2 Å². The van der Waals surface area contributed by atoms with Crippen LogP contribution in [0.25, 0.3) is 27.9 Å². The third kappa shape index (κ3) is 3.69. The van der Waals surface area contributed by atoms with Crippen LogP contribution in [-0.2, 0) is 13.6 Å². The van der Waals surface area contributed by atoms with E-state index in [9.17, 15) is 5.11 Å². The first-order chi connectivity index (χ1) is 16.2. The van der Waals surface area contributed by atoms with Gasteiger partial charge in [0.25, 0.3) is 0 Å². The Morgan fingerprint density at radius 3 is 2.73 bits per heavy atom. The van der Waals surface area contributed by atoms with E-state index in [2.05, 4.69) is 24.5 Å². The maximum Gasteiger partial charge on any atom is 0.153 e. The highest BCUT2D eigenvalue weighted by Crippen LogP contribution is 2.27. The molecule has 5 heterocycles. The molecule has 9 nitrogen and oxygen atoms in total. The van der Waals surface area contributed by atoms with Crippen molar-refractivity contribution in [2.24, 2.45) is 7.05 Å². The fourth-order valence-corrected chi connectivity index (χ4v) is 4.63. The van der Waals surface area contributed by atoms with Gasteiger partial charge in [0.1, 0.15) is 6.10 Å². The Balaban J connectivity index is 1.32. The van der Waals surface area contributed by atoms with Crippen molar-refractivity contribution in [1.29, 1.82) is 0 Å². The van der Waals surface area contributed by atoms with E-state index >= 15 is 0 Å². The van der Waals surface area contributed by atoms with Gasteiger partial charge < -0.3 is 14.6 Å². The van der Waals surface area contributed by atoms with E-state index < -0.39 is 6.10 Å². The lowest BCUT2D eigenvalue weighted by Gasteiger charge is -2.15. The third-order valence-corrected chi connectivity index (χ3v) is 6.49. The van der Waals surface area contributed by atoms with Crippen LogP contribution in [0.4, 0.5) is 0 Å². The second-order valence-electron chi connectivity index (χ2n) is 8.71. The van der Waals surface area contributed by atoms with Crippen LogP contribution < -0.4 is 0 Å². The topological polar surface area (TPSA) is 89.3 Å². The molecule has 4 aromatic heterocycles. The normalized spacial score (nSPS) is 15.7. The van der Waals surface area contributed by atoms with Gasteiger partial charge in [-0.1, -0.05) is 6.07 Å². The lowest BCUT2D eigenvalue weighted by molar-refractivity contribution is 0.213. The first kappa shape index (κ1) is 20.1. The summed E-state index contributed by atoms with van der Waals surface area (Å²) in [7, 11) is 1.88. The molecule has 6 rings (SSSR count). The van der Waals surface area contributed by atoms with Crippen LogP contribution in [0.2, 0.25) is 0 Å². The number of fused-ring (bicyclic) bond motifs is 2. The maximum absolute atomic E-state index is 11.3. The molecule has 1 saturated heterocycles. The van der Waals surface area contributed by atoms with Crippen LogP contribution >= 0.6 is 0 Å². The molecular formula is C24H26N8O. The Labute approximate surface area is 190 Å². The van der Waals surface area contributed by atoms with Crippen molar-refractivity contribution in [3.8, 4) is 11.3 Å². The van der Waals surface area contributed by atoms with Gasteiger partial charge in [0, 0.05) is 31.9 Å². The smallest absolute Gasteiger partial charge is 0.153 e. The summed E-state index contributed by atoms with van der Waals surface area (Å²) in [4.78, 5) is 11.5. The first-order valence-corrected chi connectivity index (χ1v) is 11.3. The predicted octanol–water partition coefficient (Wildman–Crippen LogP) is 2.66. The van der Waals surface area contributed by atoms with Gasteiger partial charge in [-0.3, -0.25) is 4.68 Å². The molecule has 1 atom stereocenters. The molecule has 1 aliphatic rings. The Hall–Kier alpha value is -3.56. The molecule has 1 aromatic carbocycles. The molecule has 0 radical (unpaired) electrons. The van der Waals surface area contributed by atoms with Gasteiger partial charge in [0.15, 0.2) is 5.65 Å². The largest absolute Gasteiger partial charge is 0.382 e. The molecule has 0 amide bonds. The summed E-state index contributed by atoms with van der Waals surface area (Å²) in [6, 6.07) is 9.75. The van der Waals surface area contributed by atoms with Crippen molar-refractivity contribution >= 4 is 16.7 Å². The van der Waals surface area contributed by atoms with Crippen molar-refractivity contribution in [3.63, 3.8) is 0 Å². The molecule has 168 valence electrons. The van der Waals surface area contributed by atoms with Crippen LogP contribution in [0.5, 0.6) is 0 Å². The molecule has 1 N–H and O–H groups in total. The van der Waals surface area contributed by atoms with E-state index in [0.29, 0.717) is 11.3 Å². The van der Waals surface area contributed by atoms with E-state index in [1.54, 1.807) is 21.6 Å². The van der Waals surface area contributed by atoms with Gasteiger partial charge in [-0.15, -0.1) is 0 Å². The van der Waals surface area contributed by atoms with E-state index in [0.717, 1.165) is 40.9 Å². The number of aromatic nitrogens is 7. The molecule has 33 heavy (non-hydrogen) atoms. The second kappa shape index (κ2) is 8.09. The molecule has 0 saturated carbocycles. The van der Waals surface area contributed by atoms with Crippen molar-refractivity contribution in [3.05, 3.63) is 66.5 Å². The van der Waals surface area contributed by atoms with Crippen molar-refractivity contribution in [2.45, 2.75) is 25.5 Å². The molecule has 1 fully saturated rings. The van der Waals surface area contributed by atoms with E-state index in [1.165, 1.54) is 25.9 Å². The molecule has 1 unspecified atom stereocenters. The molecule has 0 spiro atoms. The van der Waals surface area contributed by atoms with Crippen LogP contribution in [0.15, 0.2) is 55.2 Å². The molecule has 0 bridgehead atoms. The van der Waals surface area contributed by atoms with Gasteiger partial charge >= 0.3 is 0 Å². The van der Waals surface area contributed by atoms with E-state index in [-0.39, 0.29) is 0 Å². The fraction of sp³-hybridized carbons (Fsp3) is 0.333. The minimum absolute atomic E-state index is 0.623. The molecule has 5 aromatic rings. The zero-order chi connectivity index (χ0) is 22.4. The second-order valence-corrected chi connectivity index (χ2v) is 8.71. The van der Waals surface area contributed by atoms with E-state index in [1.807, 2.05) is 49.9 Å². The minimum Gasteiger partial charge on any atom is -0.382 e. The van der Waals surface area contributed by atoms with Crippen LogP contribution in [0, 0.1) is 0 Å². The number of hydrogen-bond donors (Lipinski definition) is 1. The lowest BCUT2D eigenvalue weighted by Crippen LogP contribution is -2.23. The Kier molecular flexibility index (Phi) is 4.92. The number of hydrogen-bond acceptors (Lipinski definition) is 6. The highest BCUT2D eigenvalue weighted by molar-refractivity contribution is 5.76. The minimum atomic E-state index is -0.858. The molecular weight excluding hydrogens is 416 g/mol. The standard InChI is InChI=1S/C24H26N8O/c1-29-15-18(13-27-29)19-6-7-23-25-14-22(32(23)28-19)24(33)17-4-5-20-21(12-17)31(16-26-20)11-10-30-8-2-3-9-30/h4-7,12-16,24,33H,2-3,8-11H2,1H3. The summed E-state index contributed by atoms with van der Waals surface area (Å²) in [5.41, 5.74) is 5.76. The average Bonchev–Trinajstić information content (AvgIpc) is 3.63. The van der Waals surface area contributed by atoms with Gasteiger partial charge in [-0.05, 0) is 55.8 Å². The lowest BCUT2D eigenvalue weighted by atomic mass is 10.1. The monoisotopic (exact) mass is 442 g/mol. The Morgan fingerprint density at radius 1 is 1.03 bits per heavy atom. The first-order valence-electron chi connectivity index (χ1n) is 11.3. The number of imidazole rings is 2. The highest BCUT2D eigenvalue weighted by Gasteiger charge is 2.19. The number of nitrogens with zero attached hydrogens (tertiary/aromatic N) is 8.